The van der Waals surface area contributed by atoms with E-state index in [0.717, 1.165) is 37.5 Å². The molecule has 1 nitrogen and oxygen atoms in total. The van der Waals surface area contributed by atoms with Gasteiger partial charge in [0.05, 0.1) is 0 Å². The van der Waals surface area contributed by atoms with Crippen molar-refractivity contribution in [3.05, 3.63) is 41.5 Å². The summed E-state index contributed by atoms with van der Waals surface area (Å²) in [6.07, 6.45) is 23.1. The molecule has 2 aliphatic carbocycles. The highest BCUT2D eigenvalue weighted by Crippen LogP contribution is 2.41. The predicted molar refractivity (Wildman–Crippen MR) is 130 cm³/mol. The molecular weight excluding hydrogens is 440 g/mol. The van der Waals surface area contributed by atoms with Crippen LogP contribution in [0.2, 0.25) is 0 Å². The van der Waals surface area contributed by atoms with Crippen LogP contribution in [-0.2, 0) is 0 Å². The van der Waals surface area contributed by atoms with Crippen molar-refractivity contribution in [2.45, 2.75) is 116 Å². The average molecular weight is 483 g/mol. The zero-order chi connectivity index (χ0) is 24.3. The molecule has 0 atom stereocenters. The molecule has 0 amide bonds. The van der Waals surface area contributed by atoms with Crippen LogP contribution in [0.3, 0.4) is 0 Å². The van der Waals surface area contributed by atoms with Gasteiger partial charge in [0.15, 0.2) is 17.4 Å². The monoisotopic (exact) mass is 482 g/mol. The maximum atomic E-state index is 14.1. The Kier molecular flexibility index (Phi) is 11.3. The van der Waals surface area contributed by atoms with Crippen LogP contribution in [0.15, 0.2) is 24.3 Å². The molecule has 2 fully saturated rings. The molecule has 5 heteroatoms. The van der Waals surface area contributed by atoms with E-state index in [4.69, 9.17) is 0 Å². The third-order valence-corrected chi connectivity index (χ3v) is 8.10. The summed E-state index contributed by atoms with van der Waals surface area (Å²) in [5.74, 6) is -0.491. The molecule has 0 bridgehead atoms. The number of hydrogen-bond donors (Lipinski definition) is 0. The molecule has 1 aromatic rings. The summed E-state index contributed by atoms with van der Waals surface area (Å²) in [6, 6.07) is 2.34. The normalized spacial score (nSPS) is 25.8. The van der Waals surface area contributed by atoms with Gasteiger partial charge >= 0.3 is 6.61 Å². The summed E-state index contributed by atoms with van der Waals surface area (Å²) in [7, 11) is 0. The van der Waals surface area contributed by atoms with Crippen molar-refractivity contribution in [1.29, 1.82) is 0 Å². The lowest BCUT2D eigenvalue weighted by atomic mass is 9.74. The Balaban J connectivity index is 1.33. The molecule has 0 unspecified atom stereocenters. The number of halogens is 4. The van der Waals surface area contributed by atoms with E-state index in [1.807, 2.05) is 0 Å². The van der Waals surface area contributed by atoms with Crippen LogP contribution in [-0.4, -0.2) is 6.61 Å². The van der Waals surface area contributed by atoms with Crippen LogP contribution >= 0.6 is 0 Å². The third-order valence-electron chi connectivity index (χ3n) is 8.10. The van der Waals surface area contributed by atoms with E-state index < -0.39 is 24.0 Å². The van der Waals surface area contributed by atoms with Gasteiger partial charge in [0.1, 0.15) is 0 Å². The van der Waals surface area contributed by atoms with Crippen molar-refractivity contribution in [3.63, 3.8) is 0 Å². The lowest BCUT2D eigenvalue weighted by molar-refractivity contribution is -0.0546. The average Bonchev–Trinajstić information content (AvgIpc) is 2.83. The van der Waals surface area contributed by atoms with Gasteiger partial charge < -0.3 is 4.74 Å². The van der Waals surface area contributed by atoms with E-state index in [2.05, 4.69) is 23.8 Å². The number of rotatable bonds is 12. The first-order valence-corrected chi connectivity index (χ1v) is 13.5. The second-order valence-corrected chi connectivity index (χ2v) is 10.6. The van der Waals surface area contributed by atoms with Crippen molar-refractivity contribution in [2.24, 2.45) is 17.8 Å². The van der Waals surface area contributed by atoms with Crippen LogP contribution in [0.25, 0.3) is 0 Å². The first-order chi connectivity index (χ1) is 16.5. The molecule has 1 aromatic carbocycles. The summed E-state index contributed by atoms with van der Waals surface area (Å²) in [6.45, 7) is -1.02. The van der Waals surface area contributed by atoms with Crippen LogP contribution in [0, 0.1) is 29.4 Å². The molecule has 2 aliphatic rings. The molecule has 0 saturated heterocycles. The van der Waals surface area contributed by atoms with Crippen molar-refractivity contribution in [3.8, 4) is 5.75 Å². The van der Waals surface area contributed by atoms with Gasteiger partial charge in [0.25, 0.3) is 0 Å². The van der Waals surface area contributed by atoms with E-state index >= 15 is 0 Å². The Bertz CT molecular complexity index is 723. The van der Waals surface area contributed by atoms with Crippen molar-refractivity contribution in [2.75, 3.05) is 0 Å². The van der Waals surface area contributed by atoms with Gasteiger partial charge in [-0.1, -0.05) is 70.4 Å². The second kappa shape index (κ2) is 14.1. The van der Waals surface area contributed by atoms with E-state index in [0.29, 0.717) is 11.5 Å². The van der Waals surface area contributed by atoms with Crippen LogP contribution in [0.5, 0.6) is 5.75 Å². The molecule has 0 N–H and O–H groups in total. The summed E-state index contributed by atoms with van der Waals surface area (Å²) in [4.78, 5) is 0. The Morgan fingerprint density at radius 2 is 1.29 bits per heavy atom. The molecule has 0 heterocycles. The molecule has 0 spiro atoms. The van der Waals surface area contributed by atoms with Crippen LogP contribution < -0.4 is 4.74 Å². The molecular formula is C29H42F4O. The van der Waals surface area contributed by atoms with Crippen molar-refractivity contribution in [1.82, 2.24) is 0 Å². The highest BCUT2D eigenvalue weighted by Gasteiger charge is 2.27. The predicted octanol–water partition coefficient (Wildman–Crippen LogP) is 9.95. The Labute approximate surface area is 203 Å². The minimum Gasteiger partial charge on any atom is -0.429 e. The van der Waals surface area contributed by atoms with Crippen molar-refractivity contribution >= 4 is 0 Å². The minimum atomic E-state index is -3.24. The molecule has 0 aromatic heterocycles. The Morgan fingerprint density at radius 3 is 1.82 bits per heavy atom. The maximum Gasteiger partial charge on any atom is 0.387 e. The quantitative estimate of drug-likeness (QED) is 0.164. The van der Waals surface area contributed by atoms with Gasteiger partial charge in [-0.05, 0) is 86.3 Å². The van der Waals surface area contributed by atoms with Gasteiger partial charge in [0.2, 0.25) is 0 Å². The number of allylic oxidation sites excluding steroid dienone is 2. The van der Waals surface area contributed by atoms with Crippen LogP contribution in [0.1, 0.15) is 115 Å². The zero-order valence-electron chi connectivity index (χ0n) is 20.7. The Hall–Kier alpha value is -1.52. The number of benzene rings is 1. The second-order valence-electron chi connectivity index (χ2n) is 10.6. The summed E-state index contributed by atoms with van der Waals surface area (Å²) in [5.41, 5.74) is 0.564. The van der Waals surface area contributed by atoms with Gasteiger partial charge in [-0.3, -0.25) is 0 Å². The lowest BCUT2D eigenvalue weighted by Crippen LogP contribution is -2.18. The van der Waals surface area contributed by atoms with E-state index in [1.165, 1.54) is 82.8 Å². The van der Waals surface area contributed by atoms with Gasteiger partial charge in [-0.2, -0.15) is 8.78 Å². The molecule has 2 saturated carbocycles. The summed E-state index contributed by atoms with van der Waals surface area (Å²) < 4.78 is 56.8. The SMILES string of the molecule is CCC/C=C/CCCC1CCC(CCC2CCC(c3cc(F)c(OC(F)F)c(F)c3)CC2)CC1. The fourth-order valence-corrected chi connectivity index (χ4v) is 6.01. The van der Waals surface area contributed by atoms with E-state index in [1.54, 1.807) is 0 Å². The highest BCUT2D eigenvalue weighted by molar-refractivity contribution is 5.33. The first kappa shape index (κ1) is 27.1. The molecule has 192 valence electrons. The van der Waals surface area contributed by atoms with Gasteiger partial charge in [0, 0.05) is 0 Å². The lowest BCUT2D eigenvalue weighted by Gasteiger charge is -2.32. The van der Waals surface area contributed by atoms with Crippen LogP contribution in [0.4, 0.5) is 17.6 Å². The number of ether oxygens (including phenoxy) is 1. The fourth-order valence-electron chi connectivity index (χ4n) is 6.01. The Morgan fingerprint density at radius 1 is 0.794 bits per heavy atom. The number of hydrogen-bond acceptors (Lipinski definition) is 1. The first-order valence-electron chi connectivity index (χ1n) is 13.5. The van der Waals surface area contributed by atoms with E-state index in [-0.39, 0.29) is 5.92 Å². The van der Waals surface area contributed by atoms with Gasteiger partial charge in [-0.25, -0.2) is 8.78 Å². The molecule has 0 aliphatic heterocycles. The summed E-state index contributed by atoms with van der Waals surface area (Å²) in [5, 5.41) is 0. The topological polar surface area (TPSA) is 9.23 Å². The highest BCUT2D eigenvalue weighted by atomic mass is 19.3. The van der Waals surface area contributed by atoms with Gasteiger partial charge in [-0.15, -0.1) is 0 Å². The number of unbranched alkanes of at least 4 members (excludes halogenated alkanes) is 2. The molecule has 3 rings (SSSR count). The third kappa shape index (κ3) is 8.61. The summed E-state index contributed by atoms with van der Waals surface area (Å²) >= 11 is 0. The largest absolute Gasteiger partial charge is 0.429 e. The van der Waals surface area contributed by atoms with E-state index in [9.17, 15) is 17.6 Å². The molecule has 0 radical (unpaired) electrons. The standard InChI is InChI=1S/C29H42F4O/c1-2-3-4-5-6-7-8-21-9-11-22(12-10-21)13-14-23-15-17-24(18-16-23)25-19-26(30)28(27(31)20-25)34-29(32)33/h4-5,19-24,29H,2-3,6-18H2,1H3/b5-4+. The molecule has 34 heavy (non-hydrogen) atoms. The minimum absolute atomic E-state index is 0.0908. The van der Waals surface area contributed by atoms with Crippen molar-refractivity contribution < 1.29 is 22.3 Å². The fraction of sp³-hybridized carbons (Fsp3) is 0.724. The zero-order valence-corrected chi connectivity index (χ0v) is 20.7. The number of alkyl halides is 2. The maximum absolute atomic E-state index is 14.1. The smallest absolute Gasteiger partial charge is 0.387 e.